The molecule has 5 aliphatic carbocycles. The largest absolute Gasteiger partial charge is 0.378 e. The molecule has 4 fully saturated rings. The van der Waals surface area contributed by atoms with E-state index >= 15 is 8.78 Å². The second-order valence-electron chi connectivity index (χ2n) is 8.87. The lowest BCUT2D eigenvalue weighted by Gasteiger charge is -2.43. The van der Waals surface area contributed by atoms with E-state index in [0.29, 0.717) is 6.42 Å². The van der Waals surface area contributed by atoms with E-state index in [4.69, 9.17) is 0 Å². The number of rotatable bonds is 2. The van der Waals surface area contributed by atoms with Gasteiger partial charge in [-0.3, -0.25) is 0 Å². The molecule has 5 aliphatic rings. The minimum atomic E-state index is -6.26. The fraction of sp³-hybridized carbons (Fsp3) is 0.882. The molecule has 0 amide bonds. The Morgan fingerprint density at radius 3 is 1.82 bits per heavy atom. The number of allylic oxidation sites excluding steroid dienone is 2. The molecule has 0 aromatic carbocycles. The van der Waals surface area contributed by atoms with Crippen molar-refractivity contribution in [2.24, 2.45) is 23.7 Å². The molecule has 11 heteroatoms. The van der Waals surface area contributed by atoms with Gasteiger partial charge in [0.15, 0.2) is 9.84 Å². The first-order chi connectivity index (χ1) is 12.7. The molecule has 0 aromatic rings. The smallest absolute Gasteiger partial charge is 0.233 e. The molecule has 0 spiro atoms. The van der Waals surface area contributed by atoms with Gasteiger partial charge in [-0.1, -0.05) is 12.2 Å². The highest BCUT2D eigenvalue weighted by Gasteiger charge is 3.04. The summed E-state index contributed by atoms with van der Waals surface area (Å²) in [5.41, 5.74) is -9.75. The van der Waals surface area contributed by atoms with Crippen molar-refractivity contribution >= 4 is 9.84 Å². The highest BCUT2D eigenvalue weighted by Crippen LogP contribution is 2.79. The minimum Gasteiger partial charge on any atom is -0.233 e. The molecule has 4 bridgehead atoms. The van der Waals surface area contributed by atoms with Gasteiger partial charge in [-0.25, -0.2) is 17.2 Å². The van der Waals surface area contributed by atoms with Gasteiger partial charge in [0.2, 0.25) is 11.3 Å². The van der Waals surface area contributed by atoms with E-state index in [1.807, 2.05) is 6.08 Å². The van der Waals surface area contributed by atoms with Gasteiger partial charge in [0.1, 0.15) is 0 Å². The quantitative estimate of drug-likeness (QED) is 0.482. The van der Waals surface area contributed by atoms with E-state index in [1.54, 1.807) is 6.08 Å². The third kappa shape index (κ3) is 1.55. The van der Waals surface area contributed by atoms with E-state index in [2.05, 4.69) is 0 Å². The lowest BCUT2D eigenvalue weighted by Crippen LogP contribution is -2.64. The van der Waals surface area contributed by atoms with Crippen LogP contribution < -0.4 is 0 Å². The van der Waals surface area contributed by atoms with Crippen molar-refractivity contribution in [3.63, 3.8) is 0 Å². The predicted molar refractivity (Wildman–Crippen MR) is 80.6 cm³/mol. The van der Waals surface area contributed by atoms with Crippen LogP contribution in [-0.2, 0) is 9.84 Å². The van der Waals surface area contributed by atoms with E-state index in [9.17, 15) is 34.8 Å². The van der Waals surface area contributed by atoms with E-state index in [-0.39, 0.29) is 12.3 Å². The maximum absolute atomic E-state index is 15.4. The van der Waals surface area contributed by atoms with Crippen molar-refractivity contribution < 1.29 is 43.5 Å². The summed E-state index contributed by atoms with van der Waals surface area (Å²) in [5.74, 6) is -23.3. The van der Waals surface area contributed by atoms with Crippen molar-refractivity contribution in [2.45, 2.75) is 65.3 Å². The van der Waals surface area contributed by atoms with Crippen LogP contribution in [0.4, 0.5) is 35.1 Å². The Labute approximate surface area is 155 Å². The van der Waals surface area contributed by atoms with Gasteiger partial charge >= 0.3 is 17.8 Å². The molecular weight excluding hydrogens is 420 g/mol. The second kappa shape index (κ2) is 4.72. The molecule has 0 aliphatic heterocycles. The lowest BCUT2D eigenvalue weighted by atomic mass is 9.74. The summed E-state index contributed by atoms with van der Waals surface area (Å²) in [7, 11) is -4.31. The number of halogens is 8. The molecule has 8 atom stereocenters. The summed E-state index contributed by atoms with van der Waals surface area (Å²) in [5, 5.41) is -2.89. The molecule has 8 unspecified atom stereocenters. The first-order valence-corrected chi connectivity index (χ1v) is 10.7. The Hall–Kier alpha value is -0.870. The lowest BCUT2D eigenvalue weighted by molar-refractivity contribution is -0.297. The fourth-order valence-corrected chi connectivity index (χ4v) is 9.52. The number of hydrogen-bond donors (Lipinski definition) is 0. The summed E-state index contributed by atoms with van der Waals surface area (Å²) in [4.78, 5) is 0. The van der Waals surface area contributed by atoms with Crippen molar-refractivity contribution in [1.82, 2.24) is 0 Å². The van der Waals surface area contributed by atoms with Crippen molar-refractivity contribution in [2.75, 3.05) is 0 Å². The zero-order chi connectivity index (χ0) is 20.7. The van der Waals surface area contributed by atoms with Gasteiger partial charge in [-0.2, -0.15) is 26.3 Å². The van der Waals surface area contributed by atoms with Gasteiger partial charge in [0, 0.05) is 11.8 Å². The van der Waals surface area contributed by atoms with Crippen LogP contribution >= 0.6 is 0 Å². The number of alkyl halides is 8. The molecule has 28 heavy (non-hydrogen) atoms. The highest BCUT2D eigenvalue weighted by atomic mass is 32.2. The van der Waals surface area contributed by atoms with Crippen LogP contribution in [0.1, 0.15) is 25.7 Å². The molecule has 5 rings (SSSR count). The molecule has 2 nitrogen and oxygen atoms in total. The van der Waals surface area contributed by atoms with Crippen LogP contribution in [0.25, 0.3) is 0 Å². The van der Waals surface area contributed by atoms with E-state index in [1.165, 1.54) is 0 Å². The Morgan fingerprint density at radius 2 is 1.29 bits per heavy atom. The third-order valence-electron chi connectivity index (χ3n) is 7.87. The van der Waals surface area contributed by atoms with Crippen LogP contribution in [0.2, 0.25) is 0 Å². The molecular formula is C17H16F8O2S. The summed E-state index contributed by atoms with van der Waals surface area (Å²) >= 11 is 0. The number of hydrogen-bond acceptors (Lipinski definition) is 2. The first kappa shape index (κ1) is 19.1. The predicted octanol–water partition coefficient (Wildman–Crippen LogP) is 4.11. The van der Waals surface area contributed by atoms with E-state index < -0.39 is 80.0 Å². The SMILES string of the molecule is O=S(=O)(C1CC2C=CC1C2)C1CC2CC1C1(F)C(F)(F)C(F)(F)C(F)(F)C21F. The molecule has 0 heterocycles. The average Bonchev–Trinajstić information content (AvgIpc) is 3.36. The molecule has 0 radical (unpaired) electrons. The maximum Gasteiger partial charge on any atom is 0.378 e. The topological polar surface area (TPSA) is 34.1 Å². The number of fused-ring (bicyclic) bond motifs is 7. The van der Waals surface area contributed by atoms with Crippen LogP contribution in [0.15, 0.2) is 12.2 Å². The van der Waals surface area contributed by atoms with Crippen LogP contribution in [0.5, 0.6) is 0 Å². The zero-order valence-electron chi connectivity index (χ0n) is 14.2. The van der Waals surface area contributed by atoms with Crippen molar-refractivity contribution in [3.8, 4) is 0 Å². The van der Waals surface area contributed by atoms with Crippen LogP contribution in [0, 0.1) is 23.7 Å². The minimum absolute atomic E-state index is 0.0374. The van der Waals surface area contributed by atoms with Gasteiger partial charge in [0.05, 0.1) is 10.5 Å². The van der Waals surface area contributed by atoms with Crippen molar-refractivity contribution in [3.05, 3.63) is 12.2 Å². The molecule has 0 saturated heterocycles. The highest BCUT2D eigenvalue weighted by molar-refractivity contribution is 7.92. The summed E-state index contributed by atoms with van der Waals surface area (Å²) in [6.07, 6.45) is 2.39. The third-order valence-corrected chi connectivity index (χ3v) is 10.6. The van der Waals surface area contributed by atoms with E-state index in [0.717, 1.165) is 0 Å². The van der Waals surface area contributed by atoms with Crippen molar-refractivity contribution in [1.29, 1.82) is 0 Å². The fourth-order valence-electron chi connectivity index (χ4n) is 6.61. The molecule has 0 N–H and O–H groups in total. The average molecular weight is 436 g/mol. The molecule has 0 aromatic heterocycles. The maximum atomic E-state index is 15.4. The zero-order valence-corrected chi connectivity index (χ0v) is 15.0. The molecule has 4 saturated carbocycles. The van der Waals surface area contributed by atoms with Crippen LogP contribution in [0.3, 0.4) is 0 Å². The number of sulfone groups is 1. The van der Waals surface area contributed by atoms with Crippen LogP contribution in [-0.4, -0.2) is 48.0 Å². The monoisotopic (exact) mass is 436 g/mol. The normalized spacial score (nSPS) is 54.4. The van der Waals surface area contributed by atoms with Gasteiger partial charge in [0.25, 0.3) is 0 Å². The summed E-state index contributed by atoms with van der Waals surface area (Å²) in [6.45, 7) is 0. The Kier molecular flexibility index (Phi) is 3.22. The summed E-state index contributed by atoms with van der Waals surface area (Å²) < 4.78 is 141. The van der Waals surface area contributed by atoms with Gasteiger partial charge in [-0.15, -0.1) is 0 Å². The van der Waals surface area contributed by atoms with Gasteiger partial charge in [-0.05, 0) is 37.5 Å². The standard InChI is InChI=1S/C17H16F8O2S/c18-13-9-5-10(14(13,19)16(22,23)17(24,25)15(13,20)21)12(6-9)28(26,27)11-4-7-1-2-8(11)3-7/h1-2,7-12H,3-6H2. The Morgan fingerprint density at radius 1 is 0.679 bits per heavy atom. The first-order valence-electron chi connectivity index (χ1n) is 9.08. The molecule has 158 valence electrons. The Balaban J connectivity index is 1.61. The second-order valence-corrected chi connectivity index (χ2v) is 11.3. The summed E-state index contributed by atoms with van der Waals surface area (Å²) in [6, 6.07) is 0. The van der Waals surface area contributed by atoms with Gasteiger partial charge < -0.3 is 0 Å². The Bertz CT molecular complexity index is 886.